The van der Waals surface area contributed by atoms with E-state index in [1.165, 1.54) is 51.4 Å². The van der Waals surface area contributed by atoms with Gasteiger partial charge in [-0.1, -0.05) is 237 Å². The van der Waals surface area contributed by atoms with E-state index in [0.29, 0.717) is 19.3 Å². The Labute approximate surface area is 455 Å². The molecule has 0 spiro atoms. The van der Waals surface area contributed by atoms with Crippen LogP contribution in [-0.4, -0.2) is 37.2 Å². The molecule has 1 atom stereocenters. The molecule has 0 aliphatic carbocycles. The Kier molecular flexibility index (Phi) is 57.0. The number of ether oxygens (including phenoxy) is 3. The first kappa shape index (κ1) is 69.3. The molecule has 6 nitrogen and oxygen atoms in total. The number of carbonyl (C=O) groups excluding carboxylic acids is 3. The molecule has 0 aliphatic heterocycles. The van der Waals surface area contributed by atoms with Crippen molar-refractivity contribution in [2.24, 2.45) is 0 Å². The lowest BCUT2D eigenvalue weighted by Crippen LogP contribution is -2.30. The summed E-state index contributed by atoms with van der Waals surface area (Å²) in [5.74, 6) is -0.978. The first-order valence-electron chi connectivity index (χ1n) is 29.8. The van der Waals surface area contributed by atoms with Gasteiger partial charge in [0.1, 0.15) is 13.2 Å². The number of unbranched alkanes of at least 4 members (excludes halogenated alkanes) is 17. The van der Waals surface area contributed by atoms with Gasteiger partial charge < -0.3 is 14.2 Å². The molecule has 416 valence electrons. The van der Waals surface area contributed by atoms with Crippen LogP contribution >= 0.6 is 0 Å². The van der Waals surface area contributed by atoms with Crippen molar-refractivity contribution in [3.63, 3.8) is 0 Å². The normalized spacial score (nSPS) is 13.2. The minimum absolute atomic E-state index is 0.109. The highest BCUT2D eigenvalue weighted by Gasteiger charge is 2.19. The van der Waals surface area contributed by atoms with Crippen molar-refractivity contribution >= 4 is 17.9 Å². The van der Waals surface area contributed by atoms with E-state index in [0.717, 1.165) is 148 Å². The van der Waals surface area contributed by atoms with Crippen molar-refractivity contribution < 1.29 is 28.6 Å². The molecule has 0 saturated heterocycles. The SMILES string of the molecule is CC/C=C\C/C=C\C/C=C\C/C=C\C/C=C\C/C=C\CCCCCCCCCCC(=O)OCC(COC(=O)CCCCCCC/C=C\C/C=C\CCCC)OC(=O)CCCC/C=C\C/C=C\C/C=C\C/C=C\CC. The quantitative estimate of drug-likeness (QED) is 0.0261. The number of carbonyl (C=O) groups is 3. The topological polar surface area (TPSA) is 78.9 Å². The molecule has 0 radical (unpaired) electrons. The first-order chi connectivity index (χ1) is 36.5. The van der Waals surface area contributed by atoms with Gasteiger partial charge in [0.15, 0.2) is 6.10 Å². The largest absolute Gasteiger partial charge is 0.462 e. The maximum Gasteiger partial charge on any atom is 0.306 e. The zero-order chi connectivity index (χ0) is 53.6. The van der Waals surface area contributed by atoms with Crippen LogP contribution in [0.25, 0.3) is 0 Å². The maximum atomic E-state index is 12.8. The Balaban J connectivity index is 4.41. The molecule has 0 N–H and O–H groups in total. The molecule has 74 heavy (non-hydrogen) atoms. The van der Waals surface area contributed by atoms with Crippen LogP contribution in [0.1, 0.15) is 245 Å². The predicted molar refractivity (Wildman–Crippen MR) is 320 cm³/mol. The van der Waals surface area contributed by atoms with Gasteiger partial charge >= 0.3 is 17.9 Å². The van der Waals surface area contributed by atoms with Crippen LogP contribution in [0.4, 0.5) is 0 Å². The summed E-state index contributed by atoms with van der Waals surface area (Å²) in [6.07, 6.45) is 87.0. The van der Waals surface area contributed by atoms with Crippen molar-refractivity contribution in [1.29, 1.82) is 0 Å². The number of hydrogen-bond acceptors (Lipinski definition) is 6. The summed E-state index contributed by atoms with van der Waals surface area (Å²) in [4.78, 5) is 38.2. The standard InChI is InChI=1S/C68H108O6/c1-4-7-10-13-16-19-22-25-28-29-30-31-32-33-34-35-36-37-38-39-41-43-46-49-52-55-58-61-67(70)73-64-65(63-72-66(69)60-57-54-51-48-45-42-27-24-21-18-15-12-9-6-3)74-68(71)62-59-56-53-50-47-44-40-26-23-20-17-14-11-8-5-2/h7-8,10-11,15-20,24-28,30-31,33-34,36-37,40,47,50,65H,4-6,9,12-14,21-23,29,32,35,38-39,41-46,48-49,51-64H2,1-3H3/b10-7-,11-8-,18-15-,19-16-,20-17-,27-24-,28-25-,31-30-,34-33-,37-36-,40-26-,50-47-. The Bertz CT molecular complexity index is 1640. The molecule has 0 bridgehead atoms. The summed E-state index contributed by atoms with van der Waals surface area (Å²) in [5, 5.41) is 0. The van der Waals surface area contributed by atoms with Gasteiger partial charge in [-0.3, -0.25) is 14.4 Å². The van der Waals surface area contributed by atoms with E-state index in [2.05, 4.69) is 167 Å². The molecule has 0 rings (SSSR count). The van der Waals surface area contributed by atoms with Gasteiger partial charge in [0.05, 0.1) is 0 Å². The van der Waals surface area contributed by atoms with Gasteiger partial charge in [-0.05, 0) is 135 Å². The van der Waals surface area contributed by atoms with Crippen LogP contribution in [-0.2, 0) is 28.6 Å². The predicted octanol–water partition coefficient (Wildman–Crippen LogP) is 20.4. The lowest BCUT2D eigenvalue weighted by molar-refractivity contribution is -0.167. The highest BCUT2D eigenvalue weighted by molar-refractivity contribution is 5.71. The van der Waals surface area contributed by atoms with Gasteiger partial charge in [-0.2, -0.15) is 0 Å². The van der Waals surface area contributed by atoms with E-state index < -0.39 is 6.10 Å². The zero-order valence-corrected chi connectivity index (χ0v) is 47.5. The summed E-state index contributed by atoms with van der Waals surface area (Å²) in [6, 6.07) is 0. The summed E-state index contributed by atoms with van der Waals surface area (Å²) in [7, 11) is 0. The Morgan fingerprint density at radius 1 is 0.284 bits per heavy atom. The molecule has 0 amide bonds. The fraction of sp³-hybridized carbons (Fsp3) is 0.603. The van der Waals surface area contributed by atoms with Crippen molar-refractivity contribution in [3.05, 3.63) is 146 Å². The average Bonchev–Trinajstić information content (AvgIpc) is 3.40. The summed E-state index contributed by atoms with van der Waals surface area (Å²) < 4.78 is 16.8. The van der Waals surface area contributed by atoms with Gasteiger partial charge in [-0.15, -0.1) is 0 Å². The number of hydrogen-bond donors (Lipinski definition) is 0. The zero-order valence-electron chi connectivity index (χ0n) is 47.5. The van der Waals surface area contributed by atoms with Gasteiger partial charge in [0.2, 0.25) is 0 Å². The molecule has 0 aromatic carbocycles. The van der Waals surface area contributed by atoms with Crippen LogP contribution in [0.5, 0.6) is 0 Å². The molecule has 0 aromatic heterocycles. The lowest BCUT2D eigenvalue weighted by Gasteiger charge is -2.18. The summed E-state index contributed by atoms with van der Waals surface area (Å²) >= 11 is 0. The van der Waals surface area contributed by atoms with E-state index >= 15 is 0 Å². The third-order valence-corrected chi connectivity index (χ3v) is 12.1. The second-order valence-corrected chi connectivity index (χ2v) is 19.1. The fourth-order valence-electron chi connectivity index (χ4n) is 7.63. The van der Waals surface area contributed by atoms with Crippen LogP contribution < -0.4 is 0 Å². The van der Waals surface area contributed by atoms with E-state index in [9.17, 15) is 14.4 Å². The van der Waals surface area contributed by atoms with E-state index in [1.807, 2.05) is 0 Å². The highest BCUT2D eigenvalue weighted by Crippen LogP contribution is 2.14. The highest BCUT2D eigenvalue weighted by atomic mass is 16.6. The van der Waals surface area contributed by atoms with Gasteiger partial charge in [0.25, 0.3) is 0 Å². The molecule has 0 heterocycles. The van der Waals surface area contributed by atoms with E-state index in [-0.39, 0.29) is 37.5 Å². The van der Waals surface area contributed by atoms with Crippen LogP contribution in [0, 0.1) is 0 Å². The molecule has 1 unspecified atom stereocenters. The van der Waals surface area contributed by atoms with Crippen LogP contribution in [0.2, 0.25) is 0 Å². The molecular weight excluding hydrogens is 913 g/mol. The molecule has 0 saturated carbocycles. The van der Waals surface area contributed by atoms with Crippen molar-refractivity contribution in [1.82, 2.24) is 0 Å². The molecule has 0 aliphatic rings. The van der Waals surface area contributed by atoms with Crippen LogP contribution in [0.3, 0.4) is 0 Å². The first-order valence-corrected chi connectivity index (χ1v) is 29.8. The molecule has 0 fully saturated rings. The smallest absolute Gasteiger partial charge is 0.306 e. The van der Waals surface area contributed by atoms with E-state index in [4.69, 9.17) is 14.2 Å². The number of rotatable bonds is 52. The lowest BCUT2D eigenvalue weighted by atomic mass is 10.1. The minimum Gasteiger partial charge on any atom is -0.462 e. The molecular formula is C68H108O6. The molecule has 0 aromatic rings. The minimum atomic E-state index is -0.816. The fourth-order valence-corrected chi connectivity index (χ4v) is 7.63. The van der Waals surface area contributed by atoms with Crippen molar-refractivity contribution in [2.75, 3.05) is 13.2 Å². The Morgan fingerprint density at radius 2 is 0.527 bits per heavy atom. The third kappa shape index (κ3) is 58.2. The van der Waals surface area contributed by atoms with Crippen molar-refractivity contribution in [2.45, 2.75) is 252 Å². The number of allylic oxidation sites excluding steroid dienone is 24. The third-order valence-electron chi connectivity index (χ3n) is 12.1. The van der Waals surface area contributed by atoms with Crippen molar-refractivity contribution in [3.8, 4) is 0 Å². The second-order valence-electron chi connectivity index (χ2n) is 19.1. The maximum absolute atomic E-state index is 12.8. The average molecular weight is 1020 g/mol. The van der Waals surface area contributed by atoms with Gasteiger partial charge in [-0.25, -0.2) is 0 Å². The Morgan fingerprint density at radius 3 is 0.851 bits per heavy atom. The van der Waals surface area contributed by atoms with Gasteiger partial charge in [0, 0.05) is 19.3 Å². The molecule has 6 heteroatoms. The monoisotopic (exact) mass is 1020 g/mol. The van der Waals surface area contributed by atoms with E-state index in [1.54, 1.807) is 0 Å². The number of esters is 3. The van der Waals surface area contributed by atoms with Crippen LogP contribution in [0.15, 0.2) is 146 Å². The summed E-state index contributed by atoms with van der Waals surface area (Å²) in [6.45, 7) is 6.31. The Hall–Kier alpha value is -4.71. The second kappa shape index (κ2) is 60.8. The summed E-state index contributed by atoms with van der Waals surface area (Å²) in [5.41, 5.74) is 0.